The molecular formula is C14H28N2O. The van der Waals surface area contributed by atoms with E-state index in [9.17, 15) is 0 Å². The fraction of sp³-hybridized carbons (Fsp3) is 0.857. The SMILES string of the molecule is C=C(C)CC(NN)C(OCC)C1CCCCC1. The second kappa shape index (κ2) is 7.85. The van der Waals surface area contributed by atoms with Gasteiger partial charge in [0, 0.05) is 6.61 Å². The summed E-state index contributed by atoms with van der Waals surface area (Å²) in [7, 11) is 0. The second-order valence-corrected chi connectivity index (χ2v) is 5.25. The molecule has 1 aliphatic rings. The van der Waals surface area contributed by atoms with Gasteiger partial charge in [-0.3, -0.25) is 11.3 Å². The van der Waals surface area contributed by atoms with E-state index in [1.807, 2.05) is 6.92 Å². The van der Waals surface area contributed by atoms with Crippen LogP contribution in [-0.2, 0) is 4.74 Å². The lowest BCUT2D eigenvalue weighted by molar-refractivity contribution is -0.0174. The predicted octanol–water partition coefficient (Wildman–Crippen LogP) is 2.77. The minimum absolute atomic E-state index is 0.204. The Kier molecular flexibility index (Phi) is 6.78. The molecule has 0 aromatic heterocycles. The van der Waals surface area contributed by atoms with Gasteiger partial charge >= 0.3 is 0 Å². The van der Waals surface area contributed by atoms with Crippen LogP contribution in [0, 0.1) is 5.92 Å². The van der Waals surface area contributed by atoms with Crippen molar-refractivity contribution >= 4 is 0 Å². The van der Waals surface area contributed by atoms with E-state index in [0.717, 1.165) is 18.6 Å². The molecule has 2 atom stereocenters. The summed E-state index contributed by atoms with van der Waals surface area (Å²) in [6, 6.07) is 0.204. The highest BCUT2D eigenvalue weighted by molar-refractivity contribution is 4.96. The Bertz CT molecular complexity index is 224. The Balaban J connectivity index is 2.62. The summed E-state index contributed by atoms with van der Waals surface area (Å²) in [4.78, 5) is 0. The van der Waals surface area contributed by atoms with Crippen LogP contribution >= 0.6 is 0 Å². The molecule has 3 nitrogen and oxygen atoms in total. The Hall–Kier alpha value is -0.380. The lowest BCUT2D eigenvalue weighted by Crippen LogP contribution is -2.49. The maximum atomic E-state index is 5.95. The van der Waals surface area contributed by atoms with E-state index < -0.39 is 0 Å². The fourth-order valence-corrected chi connectivity index (χ4v) is 2.88. The summed E-state index contributed by atoms with van der Waals surface area (Å²) in [6.45, 7) is 8.85. The normalized spacial score (nSPS) is 21.1. The zero-order chi connectivity index (χ0) is 12.7. The minimum Gasteiger partial charge on any atom is -0.377 e. The maximum absolute atomic E-state index is 5.95. The first-order chi connectivity index (χ1) is 8.19. The third-order valence-electron chi connectivity index (χ3n) is 3.65. The molecule has 0 heterocycles. The average molecular weight is 240 g/mol. The highest BCUT2D eigenvalue weighted by Gasteiger charge is 2.30. The molecule has 3 heteroatoms. The van der Waals surface area contributed by atoms with Crippen molar-refractivity contribution in [1.82, 2.24) is 5.43 Å². The van der Waals surface area contributed by atoms with Crippen molar-refractivity contribution in [3.63, 3.8) is 0 Å². The third-order valence-corrected chi connectivity index (χ3v) is 3.65. The van der Waals surface area contributed by atoms with Crippen molar-refractivity contribution < 1.29 is 4.74 Å². The van der Waals surface area contributed by atoms with E-state index in [1.54, 1.807) is 0 Å². The summed E-state index contributed by atoms with van der Waals surface area (Å²) >= 11 is 0. The summed E-state index contributed by atoms with van der Waals surface area (Å²) in [5.74, 6) is 6.34. The number of rotatable bonds is 7. The number of ether oxygens (including phenoxy) is 1. The molecule has 0 spiro atoms. The molecule has 0 aliphatic heterocycles. The predicted molar refractivity (Wildman–Crippen MR) is 72.5 cm³/mol. The molecule has 2 unspecified atom stereocenters. The molecule has 0 aromatic rings. The summed E-state index contributed by atoms with van der Waals surface area (Å²) in [6.07, 6.45) is 7.73. The summed E-state index contributed by atoms with van der Waals surface area (Å²) < 4.78 is 5.95. The van der Waals surface area contributed by atoms with Gasteiger partial charge < -0.3 is 4.74 Å². The quantitative estimate of drug-likeness (QED) is 0.409. The summed E-state index contributed by atoms with van der Waals surface area (Å²) in [5.41, 5.74) is 4.09. The van der Waals surface area contributed by atoms with E-state index >= 15 is 0 Å². The maximum Gasteiger partial charge on any atom is 0.0772 e. The van der Waals surface area contributed by atoms with E-state index in [-0.39, 0.29) is 12.1 Å². The molecule has 0 saturated heterocycles. The smallest absolute Gasteiger partial charge is 0.0772 e. The van der Waals surface area contributed by atoms with Gasteiger partial charge in [-0.2, -0.15) is 0 Å². The molecule has 100 valence electrons. The Morgan fingerprint density at radius 3 is 2.53 bits per heavy atom. The minimum atomic E-state index is 0.204. The first kappa shape index (κ1) is 14.7. The van der Waals surface area contributed by atoms with Gasteiger partial charge in [0.25, 0.3) is 0 Å². The van der Waals surface area contributed by atoms with Crippen molar-refractivity contribution in [2.75, 3.05) is 6.61 Å². The van der Waals surface area contributed by atoms with Crippen molar-refractivity contribution in [3.8, 4) is 0 Å². The highest BCUT2D eigenvalue weighted by Crippen LogP contribution is 2.30. The average Bonchev–Trinajstić information content (AvgIpc) is 2.34. The van der Waals surface area contributed by atoms with Gasteiger partial charge in [0.2, 0.25) is 0 Å². The van der Waals surface area contributed by atoms with Gasteiger partial charge in [0.05, 0.1) is 12.1 Å². The Labute approximate surface area is 106 Å². The number of nitrogens with one attached hydrogen (secondary N) is 1. The molecule has 0 bridgehead atoms. The molecule has 0 aromatic carbocycles. The largest absolute Gasteiger partial charge is 0.377 e. The van der Waals surface area contributed by atoms with Crippen LogP contribution < -0.4 is 11.3 Å². The number of nitrogens with two attached hydrogens (primary N) is 1. The molecule has 0 amide bonds. The molecule has 1 aliphatic carbocycles. The van der Waals surface area contributed by atoms with Crippen molar-refractivity contribution in [2.24, 2.45) is 11.8 Å². The van der Waals surface area contributed by atoms with Crippen LogP contribution in [0.1, 0.15) is 52.4 Å². The van der Waals surface area contributed by atoms with Gasteiger partial charge in [-0.1, -0.05) is 24.8 Å². The fourth-order valence-electron chi connectivity index (χ4n) is 2.88. The third kappa shape index (κ3) is 4.78. The van der Waals surface area contributed by atoms with Gasteiger partial charge in [-0.25, -0.2) is 0 Å². The van der Waals surface area contributed by atoms with Crippen molar-refractivity contribution in [2.45, 2.75) is 64.5 Å². The van der Waals surface area contributed by atoms with Crippen LogP contribution in [0.5, 0.6) is 0 Å². The van der Waals surface area contributed by atoms with E-state index in [0.29, 0.717) is 5.92 Å². The standard InChI is InChI=1S/C14H28N2O/c1-4-17-14(12-8-6-5-7-9-12)13(16-15)10-11(2)3/h12-14,16H,2,4-10,15H2,1,3H3. The Morgan fingerprint density at radius 1 is 1.41 bits per heavy atom. The van der Waals surface area contributed by atoms with E-state index in [1.165, 1.54) is 32.1 Å². The van der Waals surface area contributed by atoms with Gasteiger partial charge in [0.1, 0.15) is 0 Å². The van der Waals surface area contributed by atoms with Crippen molar-refractivity contribution in [1.29, 1.82) is 0 Å². The molecular weight excluding hydrogens is 212 g/mol. The Morgan fingerprint density at radius 2 is 2.06 bits per heavy atom. The number of hydrazine groups is 1. The lowest BCUT2D eigenvalue weighted by atomic mass is 9.81. The monoisotopic (exact) mass is 240 g/mol. The van der Waals surface area contributed by atoms with Gasteiger partial charge in [-0.15, -0.1) is 6.58 Å². The number of hydrogen-bond acceptors (Lipinski definition) is 3. The molecule has 1 saturated carbocycles. The van der Waals surface area contributed by atoms with Crippen LogP contribution in [0.15, 0.2) is 12.2 Å². The lowest BCUT2D eigenvalue weighted by Gasteiger charge is -2.35. The number of hydrogen-bond donors (Lipinski definition) is 2. The molecule has 17 heavy (non-hydrogen) atoms. The second-order valence-electron chi connectivity index (χ2n) is 5.25. The van der Waals surface area contributed by atoms with Gasteiger partial charge in [0.15, 0.2) is 0 Å². The first-order valence-electron chi connectivity index (χ1n) is 6.91. The molecule has 1 fully saturated rings. The first-order valence-corrected chi connectivity index (χ1v) is 6.91. The topological polar surface area (TPSA) is 47.3 Å². The molecule has 0 radical (unpaired) electrons. The van der Waals surface area contributed by atoms with Crippen LogP contribution in [0.3, 0.4) is 0 Å². The zero-order valence-corrected chi connectivity index (χ0v) is 11.4. The molecule has 3 N–H and O–H groups in total. The van der Waals surface area contributed by atoms with E-state index in [4.69, 9.17) is 10.6 Å². The van der Waals surface area contributed by atoms with E-state index in [2.05, 4.69) is 18.9 Å². The zero-order valence-electron chi connectivity index (χ0n) is 11.4. The van der Waals surface area contributed by atoms with Crippen LogP contribution in [-0.4, -0.2) is 18.8 Å². The van der Waals surface area contributed by atoms with Crippen LogP contribution in [0.4, 0.5) is 0 Å². The summed E-state index contributed by atoms with van der Waals surface area (Å²) in [5, 5.41) is 0. The van der Waals surface area contributed by atoms with Crippen LogP contribution in [0.2, 0.25) is 0 Å². The molecule has 1 rings (SSSR count). The van der Waals surface area contributed by atoms with Gasteiger partial charge in [-0.05, 0) is 39.0 Å². The van der Waals surface area contributed by atoms with Crippen molar-refractivity contribution in [3.05, 3.63) is 12.2 Å². The highest BCUT2D eigenvalue weighted by atomic mass is 16.5. The van der Waals surface area contributed by atoms with Crippen LogP contribution in [0.25, 0.3) is 0 Å².